The van der Waals surface area contributed by atoms with Crippen LogP contribution in [0.15, 0.2) is 12.1 Å². The van der Waals surface area contributed by atoms with E-state index in [1.807, 2.05) is 6.92 Å². The van der Waals surface area contributed by atoms with Crippen molar-refractivity contribution in [2.24, 2.45) is 0 Å². The van der Waals surface area contributed by atoms with E-state index in [2.05, 4.69) is 4.98 Å². The molecule has 1 saturated heterocycles. The summed E-state index contributed by atoms with van der Waals surface area (Å²) >= 11 is 0. The molecule has 0 radical (unpaired) electrons. The predicted molar refractivity (Wildman–Crippen MR) is 62.1 cm³/mol. The predicted octanol–water partition coefficient (Wildman–Crippen LogP) is 1.09. The van der Waals surface area contributed by atoms with Crippen LogP contribution in [0.4, 0.5) is 4.39 Å². The number of aromatic nitrogens is 1. The van der Waals surface area contributed by atoms with E-state index in [1.54, 1.807) is 4.90 Å². The maximum atomic E-state index is 13.2. The zero-order valence-electron chi connectivity index (χ0n) is 10.4. The molecule has 0 aliphatic carbocycles. The van der Waals surface area contributed by atoms with Gasteiger partial charge in [0.2, 0.25) is 11.8 Å². The lowest BCUT2D eigenvalue weighted by Gasteiger charge is -2.31. The van der Waals surface area contributed by atoms with Crippen molar-refractivity contribution in [3.63, 3.8) is 0 Å². The monoisotopic (exact) mass is 254 g/mol. The van der Waals surface area contributed by atoms with Gasteiger partial charge in [0, 0.05) is 30.8 Å². The fourth-order valence-corrected chi connectivity index (χ4v) is 1.89. The van der Waals surface area contributed by atoms with Crippen LogP contribution in [0.1, 0.15) is 17.3 Å². The number of rotatable bonds is 2. The molecule has 0 N–H and O–H groups in total. The minimum atomic E-state index is -0.723. The van der Waals surface area contributed by atoms with Gasteiger partial charge in [-0.1, -0.05) is 0 Å². The van der Waals surface area contributed by atoms with Gasteiger partial charge < -0.3 is 14.4 Å². The number of halogens is 1. The van der Waals surface area contributed by atoms with Crippen molar-refractivity contribution in [2.45, 2.75) is 13.0 Å². The lowest BCUT2D eigenvalue weighted by atomic mass is 10.2. The largest absolute Gasteiger partial charge is 0.481 e. The van der Waals surface area contributed by atoms with Crippen LogP contribution in [0.3, 0.4) is 0 Å². The van der Waals surface area contributed by atoms with Crippen molar-refractivity contribution in [2.75, 3.05) is 26.8 Å². The van der Waals surface area contributed by atoms with Gasteiger partial charge in [-0.3, -0.25) is 4.79 Å². The molecule has 0 aromatic carbocycles. The third kappa shape index (κ3) is 2.76. The Morgan fingerprint density at radius 2 is 2.39 bits per heavy atom. The maximum absolute atomic E-state index is 13.2. The standard InChI is InChI=1S/C12H15FN2O3/c1-8-7-15(3-4-18-8)12(16)9-5-10(13)14-11(6-9)17-2/h5-6,8H,3-4,7H2,1-2H3/t8-/m1/s1. The molecular weight excluding hydrogens is 239 g/mol. The number of carbonyl (C=O) groups excluding carboxylic acids is 1. The Bertz CT molecular complexity index is 453. The second-order valence-corrected chi connectivity index (χ2v) is 4.15. The Morgan fingerprint density at radius 3 is 3.06 bits per heavy atom. The first-order chi connectivity index (χ1) is 8.60. The van der Waals surface area contributed by atoms with Crippen LogP contribution in [-0.4, -0.2) is 48.7 Å². The minimum Gasteiger partial charge on any atom is -0.481 e. The van der Waals surface area contributed by atoms with Crippen LogP contribution in [-0.2, 0) is 4.74 Å². The molecule has 5 nitrogen and oxygen atoms in total. The molecule has 0 bridgehead atoms. The van der Waals surface area contributed by atoms with E-state index in [1.165, 1.54) is 13.2 Å². The molecule has 2 heterocycles. The van der Waals surface area contributed by atoms with Crippen LogP contribution < -0.4 is 4.74 Å². The van der Waals surface area contributed by atoms with Crippen molar-refractivity contribution < 1.29 is 18.7 Å². The Labute approximate surface area is 105 Å². The highest BCUT2D eigenvalue weighted by molar-refractivity contribution is 5.94. The van der Waals surface area contributed by atoms with Crippen molar-refractivity contribution in [3.05, 3.63) is 23.6 Å². The summed E-state index contributed by atoms with van der Waals surface area (Å²) in [5.74, 6) is -0.858. The SMILES string of the molecule is COc1cc(C(=O)N2CCO[C@H](C)C2)cc(F)n1. The highest BCUT2D eigenvalue weighted by Crippen LogP contribution is 2.15. The number of ether oxygens (including phenoxy) is 2. The second kappa shape index (κ2) is 5.30. The van der Waals surface area contributed by atoms with E-state index in [-0.39, 0.29) is 23.5 Å². The fraction of sp³-hybridized carbons (Fsp3) is 0.500. The second-order valence-electron chi connectivity index (χ2n) is 4.15. The first-order valence-electron chi connectivity index (χ1n) is 5.72. The number of nitrogens with zero attached hydrogens (tertiary/aromatic N) is 2. The molecule has 6 heteroatoms. The highest BCUT2D eigenvalue weighted by Gasteiger charge is 2.23. The van der Waals surface area contributed by atoms with Crippen molar-refractivity contribution >= 4 is 5.91 Å². The first-order valence-corrected chi connectivity index (χ1v) is 5.72. The molecule has 0 spiro atoms. The van der Waals surface area contributed by atoms with E-state index in [9.17, 15) is 9.18 Å². The van der Waals surface area contributed by atoms with Gasteiger partial charge in [-0.15, -0.1) is 0 Å². The fourth-order valence-electron chi connectivity index (χ4n) is 1.89. The van der Waals surface area contributed by atoms with Crippen molar-refractivity contribution in [3.8, 4) is 5.88 Å². The number of carbonyl (C=O) groups is 1. The lowest BCUT2D eigenvalue weighted by molar-refractivity contribution is -0.0124. The van der Waals surface area contributed by atoms with E-state index in [0.29, 0.717) is 19.7 Å². The summed E-state index contributed by atoms with van der Waals surface area (Å²) in [5, 5.41) is 0. The zero-order valence-corrected chi connectivity index (χ0v) is 10.4. The van der Waals surface area contributed by atoms with E-state index in [0.717, 1.165) is 6.07 Å². The summed E-state index contributed by atoms with van der Waals surface area (Å²) < 4.78 is 23.4. The van der Waals surface area contributed by atoms with Crippen LogP contribution in [0.5, 0.6) is 5.88 Å². The van der Waals surface area contributed by atoms with Gasteiger partial charge in [-0.2, -0.15) is 9.37 Å². The Kier molecular flexibility index (Phi) is 3.76. The third-order valence-corrected chi connectivity index (χ3v) is 2.75. The smallest absolute Gasteiger partial charge is 0.254 e. The van der Waals surface area contributed by atoms with Crippen LogP contribution >= 0.6 is 0 Å². The quantitative estimate of drug-likeness (QED) is 0.741. The Balaban J connectivity index is 2.19. The molecule has 1 amide bonds. The lowest BCUT2D eigenvalue weighted by Crippen LogP contribution is -2.44. The highest BCUT2D eigenvalue weighted by atomic mass is 19.1. The van der Waals surface area contributed by atoms with Gasteiger partial charge in [0.05, 0.1) is 19.8 Å². The van der Waals surface area contributed by atoms with Crippen LogP contribution in [0.25, 0.3) is 0 Å². The Hall–Kier alpha value is -1.69. The normalized spacial score (nSPS) is 19.7. The maximum Gasteiger partial charge on any atom is 0.254 e. The number of hydrogen-bond donors (Lipinski definition) is 0. The van der Waals surface area contributed by atoms with E-state index in [4.69, 9.17) is 9.47 Å². The summed E-state index contributed by atoms with van der Waals surface area (Å²) in [5.41, 5.74) is 0.244. The summed E-state index contributed by atoms with van der Waals surface area (Å²) in [7, 11) is 1.38. The van der Waals surface area contributed by atoms with Gasteiger partial charge in [0.1, 0.15) is 0 Å². The van der Waals surface area contributed by atoms with Crippen LogP contribution in [0, 0.1) is 5.95 Å². The number of amides is 1. The molecule has 0 unspecified atom stereocenters. The zero-order chi connectivity index (χ0) is 13.1. The van der Waals surface area contributed by atoms with Crippen molar-refractivity contribution in [1.82, 2.24) is 9.88 Å². The molecule has 98 valence electrons. The molecule has 1 aliphatic rings. The van der Waals surface area contributed by atoms with Crippen molar-refractivity contribution in [1.29, 1.82) is 0 Å². The summed E-state index contributed by atoms with van der Waals surface area (Å²) in [4.78, 5) is 17.3. The third-order valence-electron chi connectivity index (χ3n) is 2.75. The number of pyridine rings is 1. The first kappa shape index (κ1) is 12.8. The van der Waals surface area contributed by atoms with Gasteiger partial charge in [0.25, 0.3) is 5.91 Å². The molecule has 1 aromatic heterocycles. The van der Waals surface area contributed by atoms with Gasteiger partial charge in [-0.25, -0.2) is 0 Å². The van der Waals surface area contributed by atoms with E-state index >= 15 is 0 Å². The Morgan fingerprint density at radius 1 is 1.61 bits per heavy atom. The molecule has 0 saturated carbocycles. The molecule has 18 heavy (non-hydrogen) atoms. The molecule has 1 atom stereocenters. The van der Waals surface area contributed by atoms with Crippen LogP contribution in [0.2, 0.25) is 0 Å². The van der Waals surface area contributed by atoms with Gasteiger partial charge in [0.15, 0.2) is 0 Å². The van der Waals surface area contributed by atoms with E-state index < -0.39 is 5.95 Å². The molecule has 1 aromatic rings. The molecule has 1 fully saturated rings. The summed E-state index contributed by atoms with van der Waals surface area (Å²) in [6.07, 6.45) is -0.00344. The molecule has 1 aliphatic heterocycles. The topological polar surface area (TPSA) is 51.7 Å². The van der Waals surface area contributed by atoms with Gasteiger partial charge in [-0.05, 0) is 6.92 Å². The summed E-state index contributed by atoms with van der Waals surface area (Å²) in [6.45, 7) is 3.41. The molecular formula is C12H15FN2O3. The average Bonchev–Trinajstić information content (AvgIpc) is 2.37. The number of hydrogen-bond acceptors (Lipinski definition) is 4. The number of morpholine rings is 1. The number of methoxy groups -OCH3 is 1. The van der Waals surface area contributed by atoms with Gasteiger partial charge >= 0.3 is 0 Å². The average molecular weight is 254 g/mol. The molecule has 2 rings (SSSR count). The minimum absolute atomic E-state index is 0.00344. The summed E-state index contributed by atoms with van der Waals surface area (Å²) in [6, 6.07) is 2.55.